The van der Waals surface area contributed by atoms with Crippen LogP contribution in [-0.2, 0) is 10.3 Å². The van der Waals surface area contributed by atoms with Gasteiger partial charge in [-0.05, 0) is 32.2 Å². The maximum atomic E-state index is 5.84. The molecule has 1 saturated carbocycles. The van der Waals surface area contributed by atoms with Gasteiger partial charge in [0.2, 0.25) is 11.7 Å². The highest BCUT2D eigenvalue weighted by atomic mass is 16.5. The molecule has 1 unspecified atom stereocenters. The Bertz CT molecular complexity index is 419. The van der Waals surface area contributed by atoms with Crippen LogP contribution in [0.2, 0.25) is 0 Å². The van der Waals surface area contributed by atoms with Gasteiger partial charge < -0.3 is 14.6 Å². The van der Waals surface area contributed by atoms with E-state index in [0.29, 0.717) is 5.92 Å². The number of ether oxygens (including phenoxy) is 1. The average Bonchev–Trinajstić information content (AvgIpc) is 2.88. The number of piperidine rings is 1. The predicted octanol–water partition coefficient (Wildman–Crippen LogP) is 2.73. The summed E-state index contributed by atoms with van der Waals surface area (Å²) in [5, 5.41) is 7.66. The van der Waals surface area contributed by atoms with E-state index in [9.17, 15) is 0 Å². The maximum absolute atomic E-state index is 5.84. The van der Waals surface area contributed by atoms with Gasteiger partial charge in [-0.15, -0.1) is 0 Å². The summed E-state index contributed by atoms with van der Waals surface area (Å²) in [6, 6.07) is 0. The summed E-state index contributed by atoms with van der Waals surface area (Å²) in [4.78, 5) is 4.70. The van der Waals surface area contributed by atoms with Crippen LogP contribution in [-0.4, -0.2) is 30.3 Å². The lowest BCUT2D eigenvalue weighted by molar-refractivity contribution is -0.0365. The largest absolute Gasteiger partial charge is 0.370 e. The van der Waals surface area contributed by atoms with Crippen LogP contribution in [0.15, 0.2) is 4.52 Å². The normalized spacial score (nSPS) is 27.1. The summed E-state index contributed by atoms with van der Waals surface area (Å²) in [5.74, 6) is 1.92. The van der Waals surface area contributed by atoms with Crippen LogP contribution in [0, 0.1) is 0 Å². The van der Waals surface area contributed by atoms with Gasteiger partial charge in [0.05, 0.1) is 5.92 Å². The number of methoxy groups -OCH3 is 1. The van der Waals surface area contributed by atoms with Crippen LogP contribution in [0.25, 0.3) is 0 Å². The van der Waals surface area contributed by atoms with Crippen LogP contribution < -0.4 is 5.32 Å². The summed E-state index contributed by atoms with van der Waals surface area (Å²) in [5.41, 5.74) is -0.319. The molecule has 1 atom stereocenters. The molecule has 5 nitrogen and oxygen atoms in total. The highest BCUT2D eigenvalue weighted by Gasteiger charge is 2.38. The fourth-order valence-corrected chi connectivity index (χ4v) is 3.47. The molecule has 0 aromatic carbocycles. The van der Waals surface area contributed by atoms with E-state index >= 15 is 0 Å². The number of nitrogens with zero attached hydrogens (tertiary/aromatic N) is 2. The summed E-state index contributed by atoms with van der Waals surface area (Å²) in [6.07, 6.45) is 9.25. The first kappa shape index (κ1) is 14.0. The molecule has 1 aliphatic heterocycles. The average molecular weight is 279 g/mol. The Morgan fingerprint density at radius 2 is 2.00 bits per heavy atom. The Kier molecular flexibility index (Phi) is 4.36. The second-order valence-corrected chi connectivity index (χ2v) is 6.11. The maximum Gasteiger partial charge on any atom is 0.231 e. The molecule has 1 saturated heterocycles. The molecule has 20 heavy (non-hydrogen) atoms. The highest BCUT2D eigenvalue weighted by molar-refractivity contribution is 5.05. The van der Waals surface area contributed by atoms with Crippen molar-refractivity contribution in [2.24, 2.45) is 0 Å². The fourth-order valence-electron chi connectivity index (χ4n) is 3.47. The van der Waals surface area contributed by atoms with Crippen molar-refractivity contribution in [3.05, 3.63) is 11.7 Å². The Morgan fingerprint density at radius 1 is 1.20 bits per heavy atom. The number of aromatic nitrogens is 2. The molecule has 2 fully saturated rings. The van der Waals surface area contributed by atoms with Crippen molar-refractivity contribution in [1.29, 1.82) is 0 Å². The van der Waals surface area contributed by atoms with Crippen LogP contribution in [0.5, 0.6) is 0 Å². The van der Waals surface area contributed by atoms with Gasteiger partial charge in [-0.2, -0.15) is 4.98 Å². The third-order valence-corrected chi connectivity index (χ3v) is 4.80. The standard InChI is InChI=1S/C15H25N3O2/c1-19-15(8-4-2-3-5-9-15)14-17-13(20-18-14)12-7-6-10-16-11-12/h12,16H,2-11H2,1H3. The number of hydrogen-bond acceptors (Lipinski definition) is 5. The first-order valence-corrected chi connectivity index (χ1v) is 7.94. The summed E-state index contributed by atoms with van der Waals surface area (Å²) < 4.78 is 11.4. The third kappa shape index (κ3) is 2.74. The zero-order valence-electron chi connectivity index (χ0n) is 12.4. The monoisotopic (exact) mass is 279 g/mol. The first-order valence-electron chi connectivity index (χ1n) is 7.94. The minimum atomic E-state index is -0.319. The molecule has 112 valence electrons. The van der Waals surface area contributed by atoms with Crippen LogP contribution >= 0.6 is 0 Å². The molecular weight excluding hydrogens is 254 g/mol. The van der Waals surface area contributed by atoms with Crippen molar-refractivity contribution in [2.45, 2.75) is 62.9 Å². The number of rotatable bonds is 3. The Labute approximate surface area is 120 Å². The van der Waals surface area contributed by atoms with Gasteiger partial charge in [-0.3, -0.25) is 0 Å². The molecular formula is C15H25N3O2. The van der Waals surface area contributed by atoms with Gasteiger partial charge in [-0.25, -0.2) is 0 Å². The number of hydrogen-bond donors (Lipinski definition) is 1. The molecule has 5 heteroatoms. The van der Waals surface area contributed by atoms with E-state index in [1.54, 1.807) is 7.11 Å². The van der Waals surface area contributed by atoms with Gasteiger partial charge in [-0.1, -0.05) is 30.8 Å². The van der Waals surface area contributed by atoms with Gasteiger partial charge >= 0.3 is 0 Å². The molecule has 1 aromatic heterocycles. The van der Waals surface area contributed by atoms with Crippen molar-refractivity contribution in [2.75, 3.05) is 20.2 Å². The van der Waals surface area contributed by atoms with E-state index in [1.165, 1.54) is 32.1 Å². The van der Waals surface area contributed by atoms with Gasteiger partial charge in [0.15, 0.2) is 0 Å². The summed E-state index contributed by atoms with van der Waals surface area (Å²) in [7, 11) is 1.78. The molecule has 0 spiro atoms. The summed E-state index contributed by atoms with van der Waals surface area (Å²) in [6.45, 7) is 2.04. The van der Waals surface area contributed by atoms with Gasteiger partial charge in [0.1, 0.15) is 5.60 Å². The second-order valence-electron chi connectivity index (χ2n) is 6.11. The van der Waals surface area contributed by atoms with Crippen molar-refractivity contribution in [1.82, 2.24) is 15.5 Å². The smallest absolute Gasteiger partial charge is 0.231 e. The lowest BCUT2D eigenvalue weighted by atomic mass is 9.93. The van der Waals surface area contributed by atoms with Crippen molar-refractivity contribution < 1.29 is 9.26 Å². The summed E-state index contributed by atoms with van der Waals surface area (Å²) >= 11 is 0. The molecule has 0 amide bonds. The second kappa shape index (κ2) is 6.22. The van der Waals surface area contributed by atoms with E-state index in [2.05, 4.69) is 10.5 Å². The first-order chi connectivity index (χ1) is 9.84. The Hall–Kier alpha value is -0.940. The lowest BCUT2D eigenvalue weighted by Crippen LogP contribution is -2.30. The molecule has 1 N–H and O–H groups in total. The topological polar surface area (TPSA) is 60.2 Å². The zero-order valence-corrected chi connectivity index (χ0v) is 12.4. The minimum absolute atomic E-state index is 0.319. The molecule has 0 radical (unpaired) electrons. The molecule has 3 rings (SSSR count). The van der Waals surface area contributed by atoms with Gasteiger partial charge in [0.25, 0.3) is 0 Å². The van der Waals surface area contributed by atoms with E-state index in [4.69, 9.17) is 14.2 Å². The predicted molar refractivity (Wildman–Crippen MR) is 75.5 cm³/mol. The molecule has 2 aliphatic rings. The fraction of sp³-hybridized carbons (Fsp3) is 0.867. The highest BCUT2D eigenvalue weighted by Crippen LogP contribution is 2.38. The minimum Gasteiger partial charge on any atom is -0.370 e. The van der Waals surface area contributed by atoms with Crippen LogP contribution in [0.3, 0.4) is 0 Å². The van der Waals surface area contributed by atoms with E-state index in [-0.39, 0.29) is 5.60 Å². The van der Waals surface area contributed by atoms with Crippen molar-refractivity contribution in [3.63, 3.8) is 0 Å². The molecule has 1 aliphatic carbocycles. The molecule has 1 aromatic rings. The number of nitrogens with one attached hydrogen (secondary N) is 1. The Morgan fingerprint density at radius 3 is 2.65 bits per heavy atom. The van der Waals surface area contributed by atoms with Crippen LogP contribution in [0.1, 0.15) is 69.0 Å². The van der Waals surface area contributed by atoms with E-state index in [1.807, 2.05) is 0 Å². The molecule has 2 heterocycles. The zero-order chi connectivity index (χ0) is 13.8. The Balaban J connectivity index is 1.79. The molecule has 0 bridgehead atoms. The SMILES string of the molecule is COC1(c2noc(C3CCCNC3)n2)CCCCCC1. The van der Waals surface area contributed by atoms with Gasteiger partial charge in [0, 0.05) is 13.7 Å². The quantitative estimate of drug-likeness (QED) is 0.862. The van der Waals surface area contributed by atoms with Crippen molar-refractivity contribution in [3.8, 4) is 0 Å². The van der Waals surface area contributed by atoms with E-state index in [0.717, 1.165) is 44.1 Å². The third-order valence-electron chi connectivity index (χ3n) is 4.80. The lowest BCUT2D eigenvalue weighted by Gasteiger charge is -2.27. The van der Waals surface area contributed by atoms with E-state index < -0.39 is 0 Å². The van der Waals surface area contributed by atoms with Crippen molar-refractivity contribution >= 4 is 0 Å². The van der Waals surface area contributed by atoms with Crippen LogP contribution in [0.4, 0.5) is 0 Å².